The van der Waals surface area contributed by atoms with Crippen LogP contribution in [-0.4, -0.2) is 28.0 Å². The molecule has 0 fully saturated rings. The van der Waals surface area contributed by atoms with Gasteiger partial charge in [0, 0.05) is 47.4 Å². The molecule has 1 aliphatic rings. The Morgan fingerprint density at radius 2 is 1.96 bits per heavy atom. The minimum absolute atomic E-state index is 0.0921. The van der Waals surface area contributed by atoms with Gasteiger partial charge in [0.15, 0.2) is 0 Å². The van der Waals surface area contributed by atoms with Crippen molar-refractivity contribution >= 4 is 17.7 Å². The van der Waals surface area contributed by atoms with Crippen LogP contribution >= 0.6 is 0 Å². The van der Waals surface area contributed by atoms with Gasteiger partial charge in [-0.05, 0) is 43.0 Å². The molecule has 0 radical (unpaired) electrons. The number of aliphatic hydroxyl groups is 1. The lowest BCUT2D eigenvalue weighted by Gasteiger charge is -2.26. The maximum Gasteiger partial charge on any atom is 0.127 e. The molecule has 3 aromatic rings. The molecule has 26 heavy (non-hydrogen) atoms. The number of H-pyrrole nitrogens is 1. The fourth-order valence-corrected chi connectivity index (χ4v) is 3.78. The molecular weight excluding hydrogens is 326 g/mol. The van der Waals surface area contributed by atoms with Gasteiger partial charge in [-0.2, -0.15) is 0 Å². The summed E-state index contributed by atoms with van der Waals surface area (Å²) in [7, 11) is 0. The number of pyridine rings is 1. The van der Waals surface area contributed by atoms with Crippen molar-refractivity contribution in [3.05, 3.63) is 66.1 Å². The lowest BCUT2D eigenvalue weighted by Crippen LogP contribution is -2.22. The van der Waals surface area contributed by atoms with E-state index in [-0.39, 0.29) is 18.4 Å². The second-order valence-electron chi connectivity index (χ2n) is 6.73. The summed E-state index contributed by atoms with van der Waals surface area (Å²) in [6.07, 6.45) is 5.93. The van der Waals surface area contributed by atoms with E-state index in [9.17, 15) is 9.90 Å². The number of aromatic amines is 1. The Hall–Kier alpha value is -2.92. The number of carbonyl (C=O) groups is 1. The molecule has 4 rings (SSSR count). The maximum atomic E-state index is 11.8. The third-order valence-corrected chi connectivity index (χ3v) is 5.01. The molecule has 2 aromatic heterocycles. The van der Waals surface area contributed by atoms with Crippen molar-refractivity contribution in [1.29, 1.82) is 0 Å². The van der Waals surface area contributed by atoms with Crippen LogP contribution in [0.3, 0.4) is 0 Å². The van der Waals surface area contributed by atoms with Crippen molar-refractivity contribution < 1.29 is 9.90 Å². The molecule has 1 aromatic carbocycles. The van der Waals surface area contributed by atoms with E-state index < -0.39 is 0 Å². The molecule has 3 N–H and O–H groups in total. The number of fused-ring (bicyclic) bond motifs is 1. The van der Waals surface area contributed by atoms with Crippen molar-refractivity contribution in [1.82, 2.24) is 9.97 Å². The SMILES string of the molecule is O=CC1CC(CO)Cc2[nH]c(-c3ccncc3)c(Nc3ccccc3)c21. The number of hydrogen-bond donors (Lipinski definition) is 3. The molecule has 0 saturated heterocycles. The van der Waals surface area contributed by atoms with Gasteiger partial charge in [-0.1, -0.05) is 18.2 Å². The minimum Gasteiger partial charge on any atom is -0.396 e. The number of para-hydroxylation sites is 1. The number of benzene rings is 1. The van der Waals surface area contributed by atoms with Crippen LogP contribution in [0.4, 0.5) is 11.4 Å². The molecule has 0 saturated carbocycles. The average Bonchev–Trinajstić information content (AvgIpc) is 3.07. The van der Waals surface area contributed by atoms with Gasteiger partial charge in [0.2, 0.25) is 0 Å². The summed E-state index contributed by atoms with van der Waals surface area (Å²) in [6.45, 7) is 0.0921. The third-order valence-electron chi connectivity index (χ3n) is 5.01. The Morgan fingerprint density at radius 3 is 2.65 bits per heavy atom. The van der Waals surface area contributed by atoms with Crippen LogP contribution in [0.5, 0.6) is 0 Å². The van der Waals surface area contributed by atoms with Crippen LogP contribution in [0.25, 0.3) is 11.3 Å². The van der Waals surface area contributed by atoms with Gasteiger partial charge >= 0.3 is 0 Å². The zero-order valence-electron chi connectivity index (χ0n) is 14.4. The Bertz CT molecular complexity index is 890. The standard InChI is InChI=1S/C21H21N3O2/c25-12-14-10-16(13-26)19-18(11-14)24-20(15-6-8-22-9-7-15)21(19)23-17-4-2-1-3-5-17/h1-9,13-14,16,23-25H,10-12H2. The summed E-state index contributed by atoms with van der Waals surface area (Å²) in [5.74, 6) is -0.125. The van der Waals surface area contributed by atoms with Gasteiger partial charge in [-0.15, -0.1) is 0 Å². The summed E-state index contributed by atoms with van der Waals surface area (Å²) in [4.78, 5) is 19.4. The van der Waals surface area contributed by atoms with E-state index in [1.54, 1.807) is 12.4 Å². The first-order valence-corrected chi connectivity index (χ1v) is 8.83. The highest BCUT2D eigenvalue weighted by Gasteiger charge is 2.32. The van der Waals surface area contributed by atoms with Crippen LogP contribution in [0.15, 0.2) is 54.9 Å². The van der Waals surface area contributed by atoms with Gasteiger partial charge in [0.1, 0.15) is 6.29 Å². The van der Waals surface area contributed by atoms with Gasteiger partial charge in [0.05, 0.1) is 11.4 Å². The Balaban J connectivity index is 1.86. The third kappa shape index (κ3) is 3.02. The number of aliphatic hydroxyl groups excluding tert-OH is 1. The summed E-state index contributed by atoms with van der Waals surface area (Å²) in [5, 5.41) is 13.1. The van der Waals surface area contributed by atoms with Crippen molar-refractivity contribution in [2.75, 3.05) is 11.9 Å². The number of hydrogen-bond acceptors (Lipinski definition) is 4. The summed E-state index contributed by atoms with van der Waals surface area (Å²) in [6, 6.07) is 13.8. The number of carbonyl (C=O) groups excluding carboxylic acids is 1. The van der Waals surface area contributed by atoms with Gasteiger partial charge in [-0.25, -0.2) is 0 Å². The zero-order chi connectivity index (χ0) is 17.9. The van der Waals surface area contributed by atoms with Crippen LogP contribution in [-0.2, 0) is 11.2 Å². The molecule has 0 amide bonds. The number of nitrogens with zero attached hydrogens (tertiary/aromatic N) is 1. The van der Waals surface area contributed by atoms with Crippen molar-refractivity contribution in [2.24, 2.45) is 5.92 Å². The predicted octanol–water partition coefficient (Wildman–Crippen LogP) is 3.66. The summed E-state index contributed by atoms with van der Waals surface area (Å²) < 4.78 is 0. The molecule has 1 aliphatic carbocycles. The second-order valence-corrected chi connectivity index (χ2v) is 6.73. The van der Waals surface area contributed by atoms with Crippen LogP contribution < -0.4 is 5.32 Å². The molecule has 2 atom stereocenters. The monoisotopic (exact) mass is 347 g/mol. The molecule has 5 nitrogen and oxygen atoms in total. The highest BCUT2D eigenvalue weighted by Crippen LogP contribution is 2.44. The number of nitrogens with one attached hydrogen (secondary N) is 2. The van der Waals surface area contributed by atoms with E-state index in [0.717, 1.165) is 46.6 Å². The van der Waals surface area contributed by atoms with E-state index in [0.29, 0.717) is 6.42 Å². The maximum absolute atomic E-state index is 11.8. The largest absolute Gasteiger partial charge is 0.396 e. The van der Waals surface area contributed by atoms with E-state index in [1.807, 2.05) is 42.5 Å². The van der Waals surface area contributed by atoms with E-state index in [4.69, 9.17) is 0 Å². The molecule has 0 spiro atoms. The lowest BCUT2D eigenvalue weighted by atomic mass is 9.80. The fraction of sp³-hybridized carbons (Fsp3) is 0.238. The minimum atomic E-state index is -0.228. The van der Waals surface area contributed by atoms with Crippen molar-refractivity contribution in [3.8, 4) is 11.3 Å². The Labute approximate surface area is 152 Å². The molecule has 2 unspecified atom stereocenters. The smallest absolute Gasteiger partial charge is 0.127 e. The summed E-state index contributed by atoms with van der Waals surface area (Å²) in [5.41, 5.74) is 5.91. The second kappa shape index (κ2) is 7.14. The van der Waals surface area contributed by atoms with E-state index in [2.05, 4.69) is 15.3 Å². The highest BCUT2D eigenvalue weighted by molar-refractivity contribution is 5.86. The van der Waals surface area contributed by atoms with Crippen LogP contribution in [0, 0.1) is 5.92 Å². The first-order chi connectivity index (χ1) is 12.8. The first-order valence-electron chi connectivity index (χ1n) is 8.83. The molecular formula is C21H21N3O2. The molecule has 132 valence electrons. The molecule has 5 heteroatoms. The van der Waals surface area contributed by atoms with Gasteiger partial charge in [0.25, 0.3) is 0 Å². The normalized spacial score (nSPS) is 19.0. The number of anilines is 2. The number of aldehydes is 1. The predicted molar refractivity (Wildman–Crippen MR) is 101 cm³/mol. The Morgan fingerprint density at radius 1 is 1.19 bits per heavy atom. The van der Waals surface area contributed by atoms with Crippen LogP contribution in [0.1, 0.15) is 23.6 Å². The van der Waals surface area contributed by atoms with Crippen LogP contribution in [0.2, 0.25) is 0 Å². The topological polar surface area (TPSA) is 78.0 Å². The van der Waals surface area contributed by atoms with Crippen molar-refractivity contribution in [3.63, 3.8) is 0 Å². The average molecular weight is 347 g/mol. The number of rotatable bonds is 5. The zero-order valence-corrected chi connectivity index (χ0v) is 14.4. The molecule has 0 bridgehead atoms. The molecule has 0 aliphatic heterocycles. The Kier molecular flexibility index (Phi) is 4.54. The lowest BCUT2D eigenvalue weighted by molar-refractivity contribution is -0.109. The highest BCUT2D eigenvalue weighted by atomic mass is 16.3. The first kappa shape index (κ1) is 16.5. The molecule has 2 heterocycles. The summed E-state index contributed by atoms with van der Waals surface area (Å²) >= 11 is 0. The van der Waals surface area contributed by atoms with E-state index >= 15 is 0 Å². The fourth-order valence-electron chi connectivity index (χ4n) is 3.78. The van der Waals surface area contributed by atoms with Gasteiger partial charge < -0.3 is 20.2 Å². The quantitative estimate of drug-likeness (QED) is 0.616. The van der Waals surface area contributed by atoms with Crippen molar-refractivity contribution in [2.45, 2.75) is 18.8 Å². The van der Waals surface area contributed by atoms with Gasteiger partial charge in [-0.3, -0.25) is 4.98 Å². The number of aromatic nitrogens is 2. The van der Waals surface area contributed by atoms with E-state index in [1.165, 1.54) is 0 Å².